The van der Waals surface area contributed by atoms with Gasteiger partial charge >= 0.3 is 17.9 Å². The molecule has 0 fully saturated rings. The van der Waals surface area contributed by atoms with Crippen molar-refractivity contribution in [3.8, 4) is 0 Å². The lowest BCUT2D eigenvalue weighted by molar-refractivity contribution is -0.166. The Hall–Kier alpha value is -3.67. The lowest BCUT2D eigenvalue weighted by atomic mass is 10.0. The van der Waals surface area contributed by atoms with Crippen molar-refractivity contribution in [1.82, 2.24) is 0 Å². The Kier molecular flexibility index (Phi) is 43.1. The highest BCUT2D eigenvalue weighted by molar-refractivity contribution is 5.72. The van der Waals surface area contributed by atoms with Crippen LogP contribution in [0.2, 0.25) is 0 Å². The summed E-state index contributed by atoms with van der Waals surface area (Å²) in [6.45, 7) is 6.22. The second-order valence-corrected chi connectivity index (χ2v) is 14.9. The predicted molar refractivity (Wildman–Crippen MR) is 247 cm³/mol. The highest BCUT2D eigenvalue weighted by atomic mass is 16.6. The first-order valence-electron chi connectivity index (χ1n) is 23.2. The molecule has 0 aliphatic rings. The Morgan fingerprint density at radius 3 is 1.17 bits per heavy atom. The number of ether oxygens (including phenoxy) is 3. The molecular formula is C52H84O6. The van der Waals surface area contributed by atoms with Crippen LogP contribution in [-0.2, 0) is 28.6 Å². The maximum Gasteiger partial charge on any atom is 0.309 e. The van der Waals surface area contributed by atoms with Crippen LogP contribution in [0.25, 0.3) is 0 Å². The second-order valence-electron chi connectivity index (χ2n) is 14.9. The molecule has 0 aliphatic carbocycles. The highest BCUT2D eigenvalue weighted by Crippen LogP contribution is 2.14. The van der Waals surface area contributed by atoms with Crippen LogP contribution < -0.4 is 0 Å². The summed E-state index contributed by atoms with van der Waals surface area (Å²) in [4.78, 5) is 37.6. The van der Waals surface area contributed by atoms with E-state index in [1.165, 1.54) is 77.0 Å². The summed E-state index contributed by atoms with van der Waals surface area (Å²) in [5, 5.41) is 0. The van der Waals surface area contributed by atoms with E-state index >= 15 is 0 Å². The Bertz CT molecular complexity index is 1200. The van der Waals surface area contributed by atoms with Crippen LogP contribution in [0.5, 0.6) is 0 Å². The van der Waals surface area contributed by atoms with Crippen LogP contribution in [-0.4, -0.2) is 37.2 Å². The van der Waals surface area contributed by atoms with Gasteiger partial charge in [-0.05, 0) is 64.2 Å². The number of rotatable bonds is 40. The van der Waals surface area contributed by atoms with Gasteiger partial charge in [0.1, 0.15) is 13.2 Å². The SMILES string of the molecule is CC/C=C\C/C=C\C/C=C\C/C=C\C/C=C\CCC(=O)OCC(COC(=O)C/C=C\C/C=C\C/C=C\CC)OC(=O)CCCCCCCCCCCCCCCCC. The van der Waals surface area contributed by atoms with Crippen molar-refractivity contribution in [2.75, 3.05) is 13.2 Å². The number of allylic oxidation sites excluding steroid dienone is 15. The van der Waals surface area contributed by atoms with Crippen molar-refractivity contribution in [3.05, 3.63) is 97.2 Å². The molecular weight excluding hydrogens is 721 g/mol. The van der Waals surface area contributed by atoms with Gasteiger partial charge in [0, 0.05) is 12.8 Å². The zero-order valence-corrected chi connectivity index (χ0v) is 37.3. The summed E-state index contributed by atoms with van der Waals surface area (Å²) in [5.41, 5.74) is 0. The zero-order valence-electron chi connectivity index (χ0n) is 37.3. The van der Waals surface area contributed by atoms with Crippen molar-refractivity contribution in [2.45, 2.75) is 200 Å². The molecule has 328 valence electrons. The Labute approximate surface area is 356 Å². The van der Waals surface area contributed by atoms with Crippen LogP contribution in [0.1, 0.15) is 194 Å². The zero-order chi connectivity index (χ0) is 42.3. The van der Waals surface area contributed by atoms with Crippen LogP contribution in [0, 0.1) is 0 Å². The first-order valence-corrected chi connectivity index (χ1v) is 23.2. The molecule has 0 spiro atoms. The first kappa shape index (κ1) is 54.3. The third-order valence-corrected chi connectivity index (χ3v) is 9.38. The van der Waals surface area contributed by atoms with E-state index in [0.29, 0.717) is 12.8 Å². The first-order chi connectivity index (χ1) is 28.5. The average molecular weight is 805 g/mol. The molecule has 1 atom stereocenters. The lowest BCUT2D eigenvalue weighted by Crippen LogP contribution is -2.30. The topological polar surface area (TPSA) is 78.9 Å². The molecule has 0 aromatic heterocycles. The molecule has 0 saturated heterocycles. The van der Waals surface area contributed by atoms with Gasteiger partial charge in [0.15, 0.2) is 6.10 Å². The molecule has 0 rings (SSSR count). The maximum absolute atomic E-state index is 12.7. The van der Waals surface area contributed by atoms with Gasteiger partial charge in [0.05, 0.1) is 6.42 Å². The van der Waals surface area contributed by atoms with Crippen LogP contribution in [0.3, 0.4) is 0 Å². The number of carbonyl (C=O) groups is 3. The standard InChI is InChI=1S/C52H84O6/c1-4-7-10-13-16-19-21-23-25-27-28-30-33-36-39-42-45-51(54)57-48-49(47-56-50(53)44-41-38-35-32-18-15-12-9-6-3)58-52(55)46-43-40-37-34-31-29-26-24-22-20-17-14-11-8-5-2/h7,9-10,12,16,18-19,23,25,28,30,32,36,38-39,41,49H,4-6,8,11,13-15,17,20-22,24,26-27,29,31,33-35,37,40,42-48H2,1-3H3/b10-7-,12-9-,19-16-,25-23-,30-28-,32-18-,39-36-,41-38-. The van der Waals surface area contributed by atoms with Crippen molar-refractivity contribution in [3.63, 3.8) is 0 Å². The van der Waals surface area contributed by atoms with Crippen molar-refractivity contribution >= 4 is 17.9 Å². The molecule has 0 amide bonds. The number of hydrogen-bond donors (Lipinski definition) is 0. The van der Waals surface area contributed by atoms with Gasteiger partial charge in [-0.2, -0.15) is 0 Å². The molecule has 0 bridgehead atoms. The number of hydrogen-bond acceptors (Lipinski definition) is 6. The smallest absolute Gasteiger partial charge is 0.309 e. The van der Waals surface area contributed by atoms with Gasteiger partial charge in [0.2, 0.25) is 0 Å². The van der Waals surface area contributed by atoms with Crippen molar-refractivity contribution in [1.29, 1.82) is 0 Å². The Morgan fingerprint density at radius 1 is 0.379 bits per heavy atom. The minimum absolute atomic E-state index is 0.121. The monoisotopic (exact) mass is 805 g/mol. The number of unbranched alkanes of at least 4 members (excludes halogenated alkanes) is 14. The van der Waals surface area contributed by atoms with Gasteiger partial charge in [-0.15, -0.1) is 0 Å². The predicted octanol–water partition coefficient (Wildman–Crippen LogP) is 15.0. The molecule has 0 saturated carbocycles. The van der Waals surface area contributed by atoms with Gasteiger partial charge in [-0.3, -0.25) is 14.4 Å². The molecule has 0 radical (unpaired) electrons. The normalized spacial score (nSPS) is 12.9. The van der Waals surface area contributed by atoms with Gasteiger partial charge < -0.3 is 14.2 Å². The molecule has 6 heteroatoms. The number of esters is 3. The second kappa shape index (κ2) is 46.0. The summed E-state index contributed by atoms with van der Waals surface area (Å²) in [6.07, 6.45) is 60.1. The fourth-order valence-electron chi connectivity index (χ4n) is 5.96. The van der Waals surface area contributed by atoms with E-state index in [2.05, 4.69) is 93.7 Å². The summed E-state index contributed by atoms with van der Waals surface area (Å²) >= 11 is 0. The molecule has 0 aromatic rings. The van der Waals surface area contributed by atoms with Gasteiger partial charge in [0.25, 0.3) is 0 Å². The molecule has 0 N–H and O–H groups in total. The van der Waals surface area contributed by atoms with E-state index in [0.717, 1.165) is 70.6 Å². The van der Waals surface area contributed by atoms with Crippen molar-refractivity contribution < 1.29 is 28.6 Å². The maximum atomic E-state index is 12.7. The average Bonchev–Trinajstić information content (AvgIpc) is 3.22. The molecule has 58 heavy (non-hydrogen) atoms. The lowest BCUT2D eigenvalue weighted by Gasteiger charge is -2.18. The largest absolute Gasteiger partial charge is 0.462 e. The summed E-state index contributed by atoms with van der Waals surface area (Å²) in [6, 6.07) is 0. The Balaban J connectivity index is 4.52. The van der Waals surface area contributed by atoms with Gasteiger partial charge in [-0.1, -0.05) is 208 Å². The Morgan fingerprint density at radius 2 is 0.741 bits per heavy atom. The quantitative estimate of drug-likeness (QED) is 0.0266. The minimum Gasteiger partial charge on any atom is -0.462 e. The van der Waals surface area contributed by atoms with E-state index in [1.54, 1.807) is 6.08 Å². The van der Waals surface area contributed by atoms with E-state index in [-0.39, 0.29) is 38.0 Å². The fraction of sp³-hybridized carbons (Fsp3) is 0.635. The molecule has 0 aliphatic heterocycles. The van der Waals surface area contributed by atoms with E-state index in [4.69, 9.17) is 14.2 Å². The van der Waals surface area contributed by atoms with Crippen molar-refractivity contribution in [2.24, 2.45) is 0 Å². The summed E-state index contributed by atoms with van der Waals surface area (Å²) in [7, 11) is 0. The van der Waals surface area contributed by atoms with Crippen LogP contribution in [0.4, 0.5) is 0 Å². The van der Waals surface area contributed by atoms with Gasteiger partial charge in [-0.25, -0.2) is 0 Å². The third-order valence-electron chi connectivity index (χ3n) is 9.38. The van der Waals surface area contributed by atoms with E-state index < -0.39 is 12.1 Å². The molecule has 6 nitrogen and oxygen atoms in total. The summed E-state index contributed by atoms with van der Waals surface area (Å²) in [5.74, 6) is -1.15. The summed E-state index contributed by atoms with van der Waals surface area (Å²) < 4.78 is 16.5. The fourth-order valence-corrected chi connectivity index (χ4v) is 5.96. The number of carbonyl (C=O) groups excluding carboxylic acids is 3. The van der Waals surface area contributed by atoms with Crippen LogP contribution >= 0.6 is 0 Å². The third kappa shape index (κ3) is 43.5. The van der Waals surface area contributed by atoms with E-state index in [1.807, 2.05) is 18.2 Å². The minimum atomic E-state index is -0.839. The van der Waals surface area contributed by atoms with Crippen LogP contribution in [0.15, 0.2) is 97.2 Å². The highest BCUT2D eigenvalue weighted by Gasteiger charge is 2.19. The van der Waals surface area contributed by atoms with E-state index in [9.17, 15) is 14.4 Å². The molecule has 1 unspecified atom stereocenters. The molecule has 0 aromatic carbocycles. The molecule has 0 heterocycles.